The van der Waals surface area contributed by atoms with Crippen molar-refractivity contribution in [2.75, 3.05) is 0 Å². The zero-order valence-corrected chi connectivity index (χ0v) is 43.6. The van der Waals surface area contributed by atoms with Gasteiger partial charge in [0.1, 0.15) is 59.4 Å². The summed E-state index contributed by atoms with van der Waals surface area (Å²) < 4.78 is 16.9. The van der Waals surface area contributed by atoms with Crippen LogP contribution in [0.4, 0.5) is 0 Å². The summed E-state index contributed by atoms with van der Waals surface area (Å²) in [7, 11) is 0. The van der Waals surface area contributed by atoms with E-state index in [9.17, 15) is 0 Å². The van der Waals surface area contributed by atoms with Gasteiger partial charge < -0.3 is 4.42 Å². The van der Waals surface area contributed by atoms with Gasteiger partial charge in [-0.3, -0.25) is 0 Å². The molecule has 0 fully saturated rings. The lowest BCUT2D eigenvalue weighted by Gasteiger charge is -2.48. The van der Waals surface area contributed by atoms with Crippen molar-refractivity contribution in [3.05, 3.63) is 192 Å². The third-order valence-corrected chi connectivity index (χ3v) is 16.1. The maximum atomic E-state index is 6.82. The summed E-state index contributed by atoms with van der Waals surface area (Å²) in [5.74, 6) is 3.58. The van der Waals surface area contributed by atoms with E-state index in [1.807, 2.05) is 0 Å². The first kappa shape index (κ1) is 47.0. The quantitative estimate of drug-likeness (QED) is 0.0837. The summed E-state index contributed by atoms with van der Waals surface area (Å²) in [5, 5.41) is 2.38. The smallest absolute Gasteiger partial charge is 0.294 e. The molecule has 0 saturated heterocycles. The standard InChI is InChI=1S/C65H72N4O/c1-13-64(12)65(14-2,56-31-22-20-30-51(56)63-68(37-38-69(63)64)60-54(44(7)8)41-55-50-29-21-23-32-57(50)70-61(55)58(60)45(9)10)33-24-34-66-35-36-67(62(66)49-28-19-18-25-46(49)11)59-52(42(3)4)39-48(40-53(59)43(5)6)47-26-16-15-17-27-47/h15-33,35-45H,13-14,34H2,1-12H3/q+2. The molecular formula is C65H72N4O+2. The number of para-hydroxylation sites is 1. The number of rotatable bonds is 13. The average molecular weight is 925 g/mol. The SMILES string of the molecule is CCC1(C=CC[n+]2ccn(-c3c(C(C)C)cc(-c4ccccc4)cc3C(C)C)c2-c2ccccc2C)c2ccccc2-c2n(-c3c(C(C)C)cc4c(oc5ccccc54)c3C(C)C)cc[n+]2C1(C)CC. The monoisotopic (exact) mass is 925 g/mol. The van der Waals surface area contributed by atoms with Gasteiger partial charge >= 0.3 is 0 Å². The van der Waals surface area contributed by atoms with Crippen molar-refractivity contribution in [3.8, 4) is 45.3 Å². The molecule has 70 heavy (non-hydrogen) atoms. The van der Waals surface area contributed by atoms with Crippen LogP contribution in [0.25, 0.3) is 67.2 Å². The Bertz CT molecular complexity index is 3400. The van der Waals surface area contributed by atoms with Gasteiger partial charge in [0.15, 0.2) is 0 Å². The van der Waals surface area contributed by atoms with Gasteiger partial charge in [0.05, 0.1) is 16.5 Å². The van der Waals surface area contributed by atoms with Crippen molar-refractivity contribution in [1.82, 2.24) is 9.13 Å². The van der Waals surface area contributed by atoms with Gasteiger partial charge in [-0.1, -0.05) is 160 Å². The van der Waals surface area contributed by atoms with Crippen molar-refractivity contribution in [1.29, 1.82) is 0 Å². The molecule has 0 saturated carbocycles. The molecule has 0 aliphatic carbocycles. The summed E-state index contributed by atoms with van der Waals surface area (Å²) in [6.07, 6.45) is 16.3. The molecule has 0 N–H and O–H groups in total. The summed E-state index contributed by atoms with van der Waals surface area (Å²) in [6, 6.07) is 44.8. The fourth-order valence-electron chi connectivity index (χ4n) is 12.3. The van der Waals surface area contributed by atoms with Gasteiger partial charge in [0, 0.05) is 33.0 Å². The van der Waals surface area contributed by atoms with Crippen LogP contribution in [0.3, 0.4) is 0 Å². The predicted molar refractivity (Wildman–Crippen MR) is 292 cm³/mol. The Morgan fingerprint density at radius 3 is 1.84 bits per heavy atom. The molecule has 0 amide bonds. The lowest BCUT2D eigenvalue weighted by atomic mass is 9.60. The fraction of sp³-hybridized carbons (Fsp3) is 0.323. The Balaban J connectivity index is 1.13. The number of aromatic nitrogens is 4. The highest BCUT2D eigenvalue weighted by atomic mass is 16.3. The molecule has 2 unspecified atom stereocenters. The molecule has 5 heteroatoms. The molecule has 1 aliphatic rings. The summed E-state index contributed by atoms with van der Waals surface area (Å²) in [4.78, 5) is 0. The van der Waals surface area contributed by atoms with E-state index in [4.69, 9.17) is 4.42 Å². The van der Waals surface area contributed by atoms with Gasteiger partial charge in [-0.2, -0.15) is 9.13 Å². The van der Waals surface area contributed by atoms with Gasteiger partial charge in [-0.15, -0.1) is 0 Å². The van der Waals surface area contributed by atoms with Crippen molar-refractivity contribution >= 4 is 21.9 Å². The molecule has 6 aromatic carbocycles. The summed E-state index contributed by atoms with van der Waals surface area (Å²) in [6.45, 7) is 28.9. The van der Waals surface area contributed by atoms with Crippen LogP contribution in [0, 0.1) is 6.92 Å². The molecular weight excluding hydrogens is 853 g/mol. The Morgan fingerprint density at radius 2 is 1.19 bits per heavy atom. The van der Waals surface area contributed by atoms with Crippen LogP contribution in [0.2, 0.25) is 0 Å². The van der Waals surface area contributed by atoms with E-state index in [0.29, 0.717) is 17.8 Å². The van der Waals surface area contributed by atoms with Crippen LogP contribution in [-0.2, 0) is 17.5 Å². The molecule has 5 nitrogen and oxygen atoms in total. The number of fused-ring (bicyclic) bond motifs is 6. The first-order valence-corrected chi connectivity index (χ1v) is 26.0. The van der Waals surface area contributed by atoms with Crippen LogP contribution in [0.1, 0.15) is 146 Å². The fourth-order valence-corrected chi connectivity index (χ4v) is 12.3. The Hall–Kier alpha value is -6.72. The molecule has 4 heterocycles. The molecule has 10 rings (SSSR count). The van der Waals surface area contributed by atoms with Gasteiger partial charge in [-0.05, 0) is 115 Å². The maximum Gasteiger partial charge on any atom is 0.294 e. The molecule has 0 radical (unpaired) electrons. The van der Waals surface area contributed by atoms with E-state index in [2.05, 4.69) is 260 Å². The minimum Gasteiger partial charge on any atom is -0.456 e. The molecule has 3 aromatic heterocycles. The Labute approximate surface area is 416 Å². The van der Waals surface area contributed by atoms with Crippen LogP contribution >= 0.6 is 0 Å². The van der Waals surface area contributed by atoms with E-state index < -0.39 is 0 Å². The number of benzene rings is 6. The predicted octanol–water partition coefficient (Wildman–Crippen LogP) is 16.6. The zero-order chi connectivity index (χ0) is 49.2. The van der Waals surface area contributed by atoms with E-state index in [1.165, 1.54) is 89.4 Å². The van der Waals surface area contributed by atoms with E-state index in [1.54, 1.807) is 0 Å². The maximum absolute atomic E-state index is 6.82. The van der Waals surface area contributed by atoms with Gasteiger partial charge in [0.25, 0.3) is 11.6 Å². The molecule has 0 bridgehead atoms. The number of aryl methyl sites for hydroxylation is 1. The number of hydrogen-bond donors (Lipinski definition) is 0. The lowest BCUT2D eigenvalue weighted by molar-refractivity contribution is -0.762. The Kier molecular flexibility index (Phi) is 12.2. The second kappa shape index (κ2) is 18.2. The second-order valence-electron chi connectivity index (χ2n) is 21.4. The van der Waals surface area contributed by atoms with Crippen molar-refractivity contribution < 1.29 is 13.6 Å². The van der Waals surface area contributed by atoms with Crippen molar-refractivity contribution in [3.63, 3.8) is 0 Å². The summed E-state index contributed by atoms with van der Waals surface area (Å²) >= 11 is 0. The molecule has 2 atom stereocenters. The number of nitrogens with zero attached hydrogens (tertiary/aromatic N) is 4. The van der Waals surface area contributed by atoms with Gasteiger partial charge in [0.2, 0.25) is 0 Å². The lowest BCUT2D eigenvalue weighted by Crippen LogP contribution is -2.67. The van der Waals surface area contributed by atoms with E-state index in [0.717, 1.165) is 30.6 Å². The van der Waals surface area contributed by atoms with Crippen molar-refractivity contribution in [2.24, 2.45) is 0 Å². The molecule has 0 spiro atoms. The highest BCUT2D eigenvalue weighted by Gasteiger charge is 2.57. The number of furan rings is 1. The molecule has 9 aromatic rings. The average Bonchev–Trinajstić information content (AvgIpc) is 4.10. The normalized spacial score (nSPS) is 17.0. The first-order valence-electron chi connectivity index (χ1n) is 26.0. The second-order valence-corrected chi connectivity index (χ2v) is 21.4. The Morgan fingerprint density at radius 1 is 0.586 bits per heavy atom. The number of allylic oxidation sites excluding steroid dienone is 2. The van der Waals surface area contributed by atoms with Crippen molar-refractivity contribution in [2.45, 2.75) is 137 Å². The minimum absolute atomic E-state index is 0.230. The number of imidazole rings is 2. The van der Waals surface area contributed by atoms with Crippen LogP contribution in [-0.4, -0.2) is 9.13 Å². The van der Waals surface area contributed by atoms with E-state index in [-0.39, 0.29) is 16.9 Å². The zero-order valence-electron chi connectivity index (χ0n) is 43.6. The van der Waals surface area contributed by atoms with Crippen LogP contribution in [0.5, 0.6) is 0 Å². The highest BCUT2D eigenvalue weighted by molar-refractivity contribution is 6.07. The topological polar surface area (TPSA) is 30.8 Å². The molecule has 356 valence electrons. The minimum atomic E-state index is -0.304. The van der Waals surface area contributed by atoms with E-state index >= 15 is 0 Å². The summed E-state index contributed by atoms with van der Waals surface area (Å²) in [5.41, 5.74) is 16.9. The molecule has 1 aliphatic heterocycles. The van der Waals surface area contributed by atoms with Crippen LogP contribution < -0.4 is 9.13 Å². The third kappa shape index (κ3) is 7.33. The van der Waals surface area contributed by atoms with Gasteiger partial charge in [-0.25, -0.2) is 9.13 Å². The highest BCUT2D eigenvalue weighted by Crippen LogP contribution is 2.52. The number of hydrogen-bond acceptors (Lipinski definition) is 1. The largest absolute Gasteiger partial charge is 0.456 e. The van der Waals surface area contributed by atoms with Crippen LogP contribution in [0.15, 0.2) is 163 Å². The third-order valence-electron chi connectivity index (χ3n) is 16.1. The first-order chi connectivity index (χ1) is 33.7.